The molecule has 0 bridgehead atoms. The van der Waals surface area contributed by atoms with Gasteiger partial charge in [0.15, 0.2) is 10.8 Å². The smallest absolute Gasteiger partial charge is 0.162 e. The molecule has 5 heteroatoms. The molecular weight excluding hydrogens is 246 g/mol. The van der Waals surface area contributed by atoms with Gasteiger partial charge in [-0.05, 0) is 19.1 Å². The van der Waals surface area contributed by atoms with Crippen LogP contribution in [0, 0.1) is 6.92 Å². The fourth-order valence-electron chi connectivity index (χ4n) is 2.14. The Hall–Kier alpha value is -1.17. The predicted octanol–water partition coefficient (Wildman–Crippen LogP) is 2.12. The number of nitrogens with zero attached hydrogens (tertiary/aromatic N) is 2. The van der Waals surface area contributed by atoms with Crippen molar-refractivity contribution in [2.24, 2.45) is 0 Å². The van der Waals surface area contributed by atoms with Crippen LogP contribution in [0.15, 0.2) is 21.9 Å². The third kappa shape index (κ3) is 2.63. The maximum absolute atomic E-state index is 5.60. The Morgan fingerprint density at radius 2 is 2.22 bits per heavy atom. The summed E-state index contributed by atoms with van der Waals surface area (Å²) in [5.74, 6) is 1.81. The average molecular weight is 263 g/mol. The van der Waals surface area contributed by atoms with Crippen LogP contribution in [-0.2, 0) is 6.54 Å². The summed E-state index contributed by atoms with van der Waals surface area (Å²) in [5, 5.41) is 6.47. The first kappa shape index (κ1) is 11.9. The van der Waals surface area contributed by atoms with Crippen molar-refractivity contribution in [3.05, 3.63) is 29.0 Å². The summed E-state index contributed by atoms with van der Waals surface area (Å²) in [7, 11) is 0. The van der Waals surface area contributed by atoms with Gasteiger partial charge < -0.3 is 9.73 Å². The highest BCUT2D eigenvalue weighted by atomic mass is 32.1. The molecule has 1 aliphatic rings. The van der Waals surface area contributed by atoms with E-state index in [4.69, 9.17) is 4.42 Å². The molecule has 1 aliphatic heterocycles. The van der Waals surface area contributed by atoms with Gasteiger partial charge in [-0.2, -0.15) is 0 Å². The molecule has 3 rings (SSSR count). The van der Waals surface area contributed by atoms with Gasteiger partial charge in [0.2, 0.25) is 0 Å². The van der Waals surface area contributed by atoms with Crippen LogP contribution in [0.5, 0.6) is 0 Å². The number of piperazine rings is 1. The third-order valence-electron chi connectivity index (χ3n) is 3.10. The lowest BCUT2D eigenvalue weighted by molar-refractivity contribution is 0.231. The van der Waals surface area contributed by atoms with Crippen molar-refractivity contribution < 1.29 is 4.42 Å². The largest absolute Gasteiger partial charge is 0.459 e. The van der Waals surface area contributed by atoms with E-state index in [1.807, 2.05) is 19.1 Å². The number of furan rings is 1. The molecule has 4 nitrogen and oxygen atoms in total. The van der Waals surface area contributed by atoms with E-state index < -0.39 is 0 Å². The molecule has 1 saturated heterocycles. The maximum Gasteiger partial charge on any atom is 0.162 e. The number of rotatable bonds is 3. The van der Waals surface area contributed by atoms with Gasteiger partial charge in [-0.15, -0.1) is 11.3 Å². The minimum absolute atomic E-state index is 0.879. The Morgan fingerprint density at radius 1 is 1.39 bits per heavy atom. The minimum Gasteiger partial charge on any atom is -0.459 e. The van der Waals surface area contributed by atoms with Crippen molar-refractivity contribution in [1.82, 2.24) is 15.2 Å². The molecule has 1 N–H and O–H groups in total. The molecule has 0 aromatic carbocycles. The summed E-state index contributed by atoms with van der Waals surface area (Å²) in [5.41, 5.74) is 1.14. The van der Waals surface area contributed by atoms with E-state index in [0.717, 1.165) is 54.9 Å². The normalized spacial score (nSPS) is 17.2. The number of aryl methyl sites for hydroxylation is 1. The van der Waals surface area contributed by atoms with Crippen LogP contribution in [0.2, 0.25) is 0 Å². The summed E-state index contributed by atoms with van der Waals surface area (Å²) in [4.78, 5) is 7.08. The molecule has 0 unspecified atom stereocenters. The lowest BCUT2D eigenvalue weighted by Crippen LogP contribution is -2.42. The molecule has 2 aromatic heterocycles. The van der Waals surface area contributed by atoms with Gasteiger partial charge in [0.25, 0.3) is 0 Å². The second-order valence-electron chi connectivity index (χ2n) is 4.58. The second kappa shape index (κ2) is 5.22. The maximum atomic E-state index is 5.60. The van der Waals surface area contributed by atoms with E-state index in [1.54, 1.807) is 11.3 Å². The van der Waals surface area contributed by atoms with E-state index in [0.29, 0.717) is 0 Å². The van der Waals surface area contributed by atoms with E-state index in [1.165, 1.54) is 0 Å². The van der Waals surface area contributed by atoms with Crippen LogP contribution in [0.3, 0.4) is 0 Å². The van der Waals surface area contributed by atoms with Gasteiger partial charge in [-0.25, -0.2) is 4.98 Å². The Bertz CT molecular complexity index is 514. The van der Waals surface area contributed by atoms with Crippen molar-refractivity contribution in [1.29, 1.82) is 0 Å². The summed E-state index contributed by atoms with van der Waals surface area (Å²) in [6, 6.07) is 3.97. The highest BCUT2D eigenvalue weighted by Gasteiger charge is 2.13. The van der Waals surface area contributed by atoms with Crippen LogP contribution in [0.1, 0.15) is 11.5 Å². The van der Waals surface area contributed by atoms with Crippen LogP contribution < -0.4 is 5.32 Å². The highest BCUT2D eigenvalue weighted by Crippen LogP contribution is 2.25. The number of nitrogens with one attached hydrogen (secondary N) is 1. The molecule has 0 atom stereocenters. The minimum atomic E-state index is 0.879. The van der Waals surface area contributed by atoms with Crippen LogP contribution >= 0.6 is 11.3 Å². The van der Waals surface area contributed by atoms with E-state index in [-0.39, 0.29) is 0 Å². The molecular formula is C13H17N3OS. The summed E-state index contributed by atoms with van der Waals surface area (Å²) in [6.45, 7) is 7.26. The summed E-state index contributed by atoms with van der Waals surface area (Å²) in [6.07, 6.45) is 0. The zero-order valence-electron chi connectivity index (χ0n) is 10.5. The zero-order chi connectivity index (χ0) is 12.4. The van der Waals surface area contributed by atoms with Crippen LogP contribution in [-0.4, -0.2) is 36.1 Å². The monoisotopic (exact) mass is 263 g/mol. The number of aromatic nitrogens is 1. The van der Waals surface area contributed by atoms with E-state index in [2.05, 4.69) is 20.6 Å². The highest BCUT2D eigenvalue weighted by molar-refractivity contribution is 7.13. The van der Waals surface area contributed by atoms with Gasteiger partial charge in [0.05, 0.1) is 5.69 Å². The van der Waals surface area contributed by atoms with Crippen molar-refractivity contribution >= 4 is 11.3 Å². The summed E-state index contributed by atoms with van der Waals surface area (Å²) >= 11 is 1.66. The van der Waals surface area contributed by atoms with Crippen LogP contribution in [0.25, 0.3) is 10.8 Å². The first-order valence-electron chi connectivity index (χ1n) is 6.25. The van der Waals surface area contributed by atoms with E-state index in [9.17, 15) is 0 Å². The molecule has 0 radical (unpaired) electrons. The van der Waals surface area contributed by atoms with Gasteiger partial charge in [0.1, 0.15) is 5.76 Å². The van der Waals surface area contributed by atoms with Crippen molar-refractivity contribution in [2.75, 3.05) is 26.2 Å². The molecule has 96 valence electrons. The zero-order valence-corrected chi connectivity index (χ0v) is 11.3. The summed E-state index contributed by atoms with van der Waals surface area (Å²) < 4.78 is 5.60. The fourth-order valence-corrected chi connectivity index (χ4v) is 2.91. The van der Waals surface area contributed by atoms with Gasteiger partial charge >= 0.3 is 0 Å². The lowest BCUT2D eigenvalue weighted by Gasteiger charge is -2.26. The van der Waals surface area contributed by atoms with Crippen LogP contribution in [0.4, 0.5) is 0 Å². The second-order valence-corrected chi connectivity index (χ2v) is 5.44. The fraction of sp³-hybridized carbons (Fsp3) is 0.462. The number of hydrogen-bond acceptors (Lipinski definition) is 5. The third-order valence-corrected chi connectivity index (χ3v) is 4.00. The topological polar surface area (TPSA) is 41.3 Å². The Kier molecular flexibility index (Phi) is 3.45. The Labute approximate surface area is 111 Å². The SMILES string of the molecule is Cc1ccc(-c2nc(CN3CCNCC3)cs2)o1. The number of thiazole rings is 1. The quantitative estimate of drug-likeness (QED) is 0.921. The molecule has 18 heavy (non-hydrogen) atoms. The molecule has 2 aromatic rings. The molecule has 0 spiro atoms. The Morgan fingerprint density at radius 3 is 2.94 bits per heavy atom. The standard InChI is InChI=1S/C13H17N3OS/c1-10-2-3-12(17-10)13-15-11(9-18-13)8-16-6-4-14-5-7-16/h2-3,9,14H,4-8H2,1H3. The van der Waals surface area contributed by atoms with Gasteiger partial charge in [-0.1, -0.05) is 0 Å². The van der Waals surface area contributed by atoms with Gasteiger partial charge in [0, 0.05) is 38.1 Å². The van der Waals surface area contributed by atoms with Crippen molar-refractivity contribution in [3.8, 4) is 10.8 Å². The first-order chi connectivity index (χ1) is 8.81. The Balaban J connectivity index is 1.69. The van der Waals surface area contributed by atoms with Crippen molar-refractivity contribution in [3.63, 3.8) is 0 Å². The average Bonchev–Trinajstić information content (AvgIpc) is 2.99. The first-order valence-corrected chi connectivity index (χ1v) is 7.13. The van der Waals surface area contributed by atoms with E-state index >= 15 is 0 Å². The molecule has 1 fully saturated rings. The molecule has 0 amide bonds. The molecule has 0 aliphatic carbocycles. The number of hydrogen-bond donors (Lipinski definition) is 1. The molecule has 0 saturated carbocycles. The molecule has 3 heterocycles. The lowest BCUT2D eigenvalue weighted by atomic mass is 10.3. The van der Waals surface area contributed by atoms with Gasteiger partial charge in [-0.3, -0.25) is 4.90 Å². The predicted molar refractivity (Wildman–Crippen MR) is 72.7 cm³/mol. The van der Waals surface area contributed by atoms with Crippen molar-refractivity contribution in [2.45, 2.75) is 13.5 Å².